The van der Waals surface area contributed by atoms with E-state index in [0.29, 0.717) is 11.1 Å². The van der Waals surface area contributed by atoms with Crippen LogP contribution in [-0.4, -0.2) is 27.3 Å². The summed E-state index contributed by atoms with van der Waals surface area (Å²) < 4.78 is 40.2. The van der Waals surface area contributed by atoms with Crippen LogP contribution >= 0.6 is 0 Å². The van der Waals surface area contributed by atoms with Crippen LogP contribution in [0.4, 0.5) is 13.2 Å². The predicted octanol–water partition coefficient (Wildman–Crippen LogP) is 2.31. The molecular weight excluding hydrogens is 311 g/mol. The Morgan fingerprint density at radius 2 is 1.96 bits per heavy atom. The normalized spacial score (nSPS) is 11.3. The highest BCUT2D eigenvalue weighted by molar-refractivity contribution is 5.99. The van der Waals surface area contributed by atoms with Crippen molar-refractivity contribution in [1.29, 1.82) is 5.26 Å². The fourth-order valence-electron chi connectivity index (χ4n) is 2.17. The smallest absolute Gasteiger partial charge is 0.388 e. The van der Waals surface area contributed by atoms with E-state index in [1.54, 1.807) is 24.3 Å². The van der Waals surface area contributed by atoms with Gasteiger partial charge in [0.25, 0.3) is 0 Å². The van der Waals surface area contributed by atoms with Gasteiger partial charge in [-0.05, 0) is 24.6 Å². The number of alkyl halides is 3. The number of halogens is 3. The number of Topliss-reactive ketones (excluding diaryl/α,β-unsaturated/α-hetero) is 1. The molecule has 2 rings (SSSR count). The largest absolute Gasteiger partial charge is 0.435 e. The number of carbonyl (C=O) groups is 1. The molecule has 2 aromatic rings. The molecule has 0 amide bonds. The maximum Gasteiger partial charge on any atom is 0.435 e. The Labute approximate surface area is 129 Å². The van der Waals surface area contributed by atoms with Gasteiger partial charge >= 0.3 is 6.18 Å². The topological polar surface area (TPSA) is 78.9 Å². The Morgan fingerprint density at radius 1 is 1.35 bits per heavy atom. The van der Waals surface area contributed by atoms with Gasteiger partial charge in [-0.15, -0.1) is 0 Å². The molecule has 0 saturated heterocycles. The molecule has 0 aliphatic rings. The molecule has 1 aromatic heterocycles. The number of carbonyl (C=O) groups excluding carboxylic acids is 1. The molecule has 0 fully saturated rings. The molecular formula is C15H12F3N3O2. The SMILES string of the molecule is Cc1c(C(=O)CO)c(C(F)(F)F)nn1Cc1ccc(C#N)cc1. The number of rotatable bonds is 4. The second-order valence-electron chi connectivity index (χ2n) is 4.85. The van der Waals surface area contributed by atoms with Crippen LogP contribution in [0.15, 0.2) is 24.3 Å². The quantitative estimate of drug-likeness (QED) is 0.876. The van der Waals surface area contributed by atoms with Gasteiger partial charge in [-0.1, -0.05) is 12.1 Å². The summed E-state index contributed by atoms with van der Waals surface area (Å²) in [7, 11) is 0. The highest BCUT2D eigenvalue weighted by atomic mass is 19.4. The van der Waals surface area contributed by atoms with Crippen LogP contribution in [0.3, 0.4) is 0 Å². The summed E-state index contributed by atoms with van der Waals surface area (Å²) in [5, 5.41) is 21.1. The number of nitriles is 1. The zero-order valence-corrected chi connectivity index (χ0v) is 12.1. The molecule has 0 unspecified atom stereocenters. The Morgan fingerprint density at radius 3 is 2.43 bits per heavy atom. The lowest BCUT2D eigenvalue weighted by atomic mass is 10.1. The highest BCUT2D eigenvalue weighted by Crippen LogP contribution is 2.32. The van der Waals surface area contributed by atoms with E-state index in [1.807, 2.05) is 6.07 Å². The van der Waals surface area contributed by atoms with Crippen molar-refractivity contribution in [2.75, 3.05) is 6.61 Å². The summed E-state index contributed by atoms with van der Waals surface area (Å²) in [6.45, 7) is 0.334. The van der Waals surface area contributed by atoms with E-state index in [0.717, 1.165) is 4.68 Å². The zero-order chi connectivity index (χ0) is 17.2. The minimum absolute atomic E-state index is 0.0132. The molecule has 0 saturated carbocycles. The average molecular weight is 323 g/mol. The first-order chi connectivity index (χ1) is 10.8. The van der Waals surface area contributed by atoms with E-state index < -0.39 is 29.8 Å². The van der Waals surface area contributed by atoms with E-state index in [1.165, 1.54) is 6.92 Å². The molecule has 1 heterocycles. The Bertz CT molecular complexity index is 771. The second kappa shape index (κ2) is 6.22. The second-order valence-corrected chi connectivity index (χ2v) is 4.85. The molecule has 8 heteroatoms. The van der Waals surface area contributed by atoms with Crippen LogP contribution in [0, 0.1) is 18.3 Å². The van der Waals surface area contributed by atoms with Crippen molar-refractivity contribution in [1.82, 2.24) is 9.78 Å². The molecule has 5 nitrogen and oxygen atoms in total. The van der Waals surface area contributed by atoms with Crippen LogP contribution in [0.1, 0.15) is 32.9 Å². The monoisotopic (exact) mass is 323 g/mol. The fraction of sp³-hybridized carbons (Fsp3) is 0.267. The summed E-state index contributed by atoms with van der Waals surface area (Å²) in [6, 6.07) is 8.22. The van der Waals surface area contributed by atoms with Crippen LogP contribution in [0.25, 0.3) is 0 Å². The predicted molar refractivity (Wildman–Crippen MR) is 73.6 cm³/mol. The van der Waals surface area contributed by atoms with Crippen molar-refractivity contribution in [3.63, 3.8) is 0 Å². The Balaban J connectivity index is 2.45. The molecule has 23 heavy (non-hydrogen) atoms. The fourth-order valence-corrected chi connectivity index (χ4v) is 2.17. The van der Waals surface area contributed by atoms with Crippen molar-refractivity contribution in [2.45, 2.75) is 19.6 Å². The summed E-state index contributed by atoms with van der Waals surface area (Å²) in [5.74, 6) is -1.03. The van der Waals surface area contributed by atoms with Gasteiger partial charge in [-0.25, -0.2) is 0 Å². The molecule has 0 spiro atoms. The standard InChI is InChI=1S/C15H12F3N3O2/c1-9-13(12(23)8-22)14(15(16,17)18)20-21(9)7-11-4-2-10(6-19)3-5-11/h2-5,22H,7-8H2,1H3. The average Bonchev–Trinajstić information content (AvgIpc) is 2.84. The molecule has 120 valence electrons. The van der Waals surface area contributed by atoms with E-state index in [9.17, 15) is 18.0 Å². The molecule has 1 N–H and O–H groups in total. The van der Waals surface area contributed by atoms with Gasteiger partial charge < -0.3 is 5.11 Å². The number of ketones is 1. The molecule has 0 aliphatic carbocycles. The van der Waals surface area contributed by atoms with Crippen molar-refractivity contribution in [3.8, 4) is 6.07 Å². The van der Waals surface area contributed by atoms with Gasteiger partial charge in [0, 0.05) is 5.69 Å². The van der Waals surface area contributed by atoms with Crippen LogP contribution < -0.4 is 0 Å². The zero-order valence-electron chi connectivity index (χ0n) is 12.1. The third kappa shape index (κ3) is 3.40. The Hall–Kier alpha value is -2.66. The van der Waals surface area contributed by atoms with E-state index in [4.69, 9.17) is 10.4 Å². The minimum atomic E-state index is -4.79. The maximum absolute atomic E-state index is 13.0. The minimum Gasteiger partial charge on any atom is -0.388 e. The Kier molecular flexibility index (Phi) is 4.52. The van der Waals surface area contributed by atoms with E-state index in [2.05, 4.69) is 5.10 Å². The summed E-state index contributed by atoms with van der Waals surface area (Å²) >= 11 is 0. The number of aromatic nitrogens is 2. The number of hydrogen-bond acceptors (Lipinski definition) is 4. The van der Waals surface area contributed by atoms with Gasteiger partial charge in [0.2, 0.25) is 0 Å². The highest BCUT2D eigenvalue weighted by Gasteiger charge is 2.40. The van der Waals surface area contributed by atoms with Crippen molar-refractivity contribution in [2.24, 2.45) is 0 Å². The summed E-state index contributed by atoms with van der Waals surface area (Å²) in [4.78, 5) is 11.6. The number of aliphatic hydroxyl groups excluding tert-OH is 1. The van der Waals surface area contributed by atoms with Crippen LogP contribution in [-0.2, 0) is 12.7 Å². The van der Waals surface area contributed by atoms with Gasteiger partial charge in [0.05, 0.1) is 23.7 Å². The molecule has 1 aromatic carbocycles. The number of nitrogens with zero attached hydrogens (tertiary/aromatic N) is 3. The van der Waals surface area contributed by atoms with Crippen LogP contribution in [0.5, 0.6) is 0 Å². The first-order valence-corrected chi connectivity index (χ1v) is 6.55. The third-order valence-electron chi connectivity index (χ3n) is 3.31. The van der Waals surface area contributed by atoms with Crippen molar-refractivity contribution < 1.29 is 23.1 Å². The van der Waals surface area contributed by atoms with Crippen molar-refractivity contribution in [3.05, 3.63) is 52.3 Å². The number of benzene rings is 1. The first kappa shape index (κ1) is 16.7. The lowest BCUT2D eigenvalue weighted by Crippen LogP contribution is -2.15. The summed E-state index contributed by atoms with van der Waals surface area (Å²) in [6.07, 6.45) is -4.79. The molecule has 0 bridgehead atoms. The van der Waals surface area contributed by atoms with Crippen molar-refractivity contribution >= 4 is 5.78 Å². The first-order valence-electron chi connectivity index (χ1n) is 6.55. The lowest BCUT2D eigenvalue weighted by molar-refractivity contribution is -0.141. The van der Waals surface area contributed by atoms with Gasteiger partial charge in [-0.2, -0.15) is 23.5 Å². The summed E-state index contributed by atoms with van der Waals surface area (Å²) in [5.41, 5.74) is -0.832. The van der Waals surface area contributed by atoms with Gasteiger partial charge in [0.15, 0.2) is 11.5 Å². The molecule has 0 atom stereocenters. The maximum atomic E-state index is 13.0. The number of aliphatic hydroxyl groups is 1. The number of hydrogen-bond donors (Lipinski definition) is 1. The lowest BCUT2D eigenvalue weighted by Gasteiger charge is -2.05. The van der Waals surface area contributed by atoms with E-state index in [-0.39, 0.29) is 12.2 Å². The van der Waals surface area contributed by atoms with Gasteiger partial charge in [0.1, 0.15) is 6.61 Å². The molecule has 0 radical (unpaired) electrons. The van der Waals surface area contributed by atoms with E-state index >= 15 is 0 Å². The van der Waals surface area contributed by atoms with Gasteiger partial charge in [-0.3, -0.25) is 9.48 Å². The third-order valence-corrected chi connectivity index (χ3v) is 3.31. The van der Waals surface area contributed by atoms with Crippen LogP contribution in [0.2, 0.25) is 0 Å². The molecule has 0 aliphatic heterocycles.